The smallest absolute Gasteiger partial charge is 0.128 e. The van der Waals surface area contributed by atoms with Gasteiger partial charge in [0.2, 0.25) is 0 Å². The molecule has 0 saturated carbocycles. The van der Waals surface area contributed by atoms with Gasteiger partial charge in [-0.15, -0.1) is 11.3 Å². The summed E-state index contributed by atoms with van der Waals surface area (Å²) in [5.41, 5.74) is 5.58. The van der Waals surface area contributed by atoms with Gasteiger partial charge < -0.3 is 10.2 Å². The van der Waals surface area contributed by atoms with Gasteiger partial charge in [-0.3, -0.25) is 5.10 Å². The Kier molecular flexibility index (Phi) is 5.00. The van der Waals surface area contributed by atoms with E-state index in [1.165, 1.54) is 39.6 Å². The van der Waals surface area contributed by atoms with E-state index in [0.717, 1.165) is 47.9 Å². The number of aromatic nitrogens is 3. The number of piperidine rings is 1. The van der Waals surface area contributed by atoms with Crippen LogP contribution in [0.25, 0.3) is 31.6 Å². The maximum Gasteiger partial charge on any atom is 0.128 e. The minimum absolute atomic E-state index is 0.768. The van der Waals surface area contributed by atoms with Crippen molar-refractivity contribution in [3.8, 4) is 11.3 Å². The lowest BCUT2D eigenvalue weighted by molar-refractivity contribution is 0.573. The number of rotatable bonds is 5. The molecule has 0 spiro atoms. The van der Waals surface area contributed by atoms with Crippen LogP contribution in [-0.4, -0.2) is 28.3 Å². The van der Waals surface area contributed by atoms with Crippen LogP contribution in [0.2, 0.25) is 0 Å². The van der Waals surface area contributed by atoms with E-state index in [1.807, 2.05) is 6.20 Å². The average molecular weight is 440 g/mol. The molecule has 0 unspecified atom stereocenters. The van der Waals surface area contributed by atoms with Crippen LogP contribution in [0.15, 0.2) is 66.9 Å². The van der Waals surface area contributed by atoms with Gasteiger partial charge in [0.25, 0.3) is 0 Å². The third-order valence-corrected chi connectivity index (χ3v) is 7.42. The molecular formula is C26H25N5S. The molecule has 5 nitrogen and oxygen atoms in total. The topological polar surface area (TPSA) is 56.8 Å². The molecule has 1 fully saturated rings. The van der Waals surface area contributed by atoms with Crippen LogP contribution >= 0.6 is 11.3 Å². The SMILES string of the molecule is c1ccc2c(c1)sc1c(-c3ccc(CNc4ccc(N5CCCCC5)nc4)cc3)n[nH]c12. The number of pyridine rings is 1. The Morgan fingerprint density at radius 2 is 1.78 bits per heavy atom. The third kappa shape index (κ3) is 3.60. The summed E-state index contributed by atoms with van der Waals surface area (Å²) in [4.78, 5) is 7.05. The van der Waals surface area contributed by atoms with Gasteiger partial charge in [0.1, 0.15) is 11.5 Å². The summed E-state index contributed by atoms with van der Waals surface area (Å²) in [7, 11) is 0. The van der Waals surface area contributed by atoms with E-state index < -0.39 is 0 Å². The van der Waals surface area contributed by atoms with Crippen molar-refractivity contribution in [3.63, 3.8) is 0 Å². The number of anilines is 2. The van der Waals surface area contributed by atoms with Crippen LogP contribution in [0.1, 0.15) is 24.8 Å². The van der Waals surface area contributed by atoms with Crippen molar-refractivity contribution < 1.29 is 0 Å². The lowest BCUT2D eigenvalue weighted by Crippen LogP contribution is -2.30. The molecule has 3 aromatic heterocycles. The van der Waals surface area contributed by atoms with Crippen molar-refractivity contribution in [1.29, 1.82) is 0 Å². The number of fused-ring (bicyclic) bond motifs is 3. The van der Waals surface area contributed by atoms with Gasteiger partial charge >= 0.3 is 0 Å². The van der Waals surface area contributed by atoms with E-state index in [-0.39, 0.29) is 0 Å². The molecule has 1 saturated heterocycles. The van der Waals surface area contributed by atoms with Gasteiger partial charge in [0.15, 0.2) is 0 Å². The van der Waals surface area contributed by atoms with Gasteiger partial charge in [-0.25, -0.2) is 4.98 Å². The fourth-order valence-electron chi connectivity index (χ4n) is 4.47. The molecule has 160 valence electrons. The Morgan fingerprint density at radius 1 is 0.938 bits per heavy atom. The lowest BCUT2D eigenvalue weighted by atomic mass is 10.1. The maximum absolute atomic E-state index is 4.66. The van der Waals surface area contributed by atoms with E-state index in [9.17, 15) is 0 Å². The van der Waals surface area contributed by atoms with E-state index in [4.69, 9.17) is 0 Å². The Morgan fingerprint density at radius 3 is 2.59 bits per heavy atom. The Balaban J connectivity index is 1.15. The van der Waals surface area contributed by atoms with Gasteiger partial charge in [0, 0.05) is 35.3 Å². The quantitative estimate of drug-likeness (QED) is 0.331. The molecule has 2 aromatic carbocycles. The summed E-state index contributed by atoms with van der Waals surface area (Å²) in [6, 6.07) is 21.4. The molecule has 1 aliphatic rings. The van der Waals surface area contributed by atoms with E-state index in [1.54, 1.807) is 11.3 Å². The summed E-state index contributed by atoms with van der Waals surface area (Å²) >= 11 is 1.80. The van der Waals surface area contributed by atoms with Gasteiger partial charge in [0.05, 0.1) is 22.1 Å². The second kappa shape index (κ2) is 8.28. The molecule has 0 bridgehead atoms. The molecule has 5 aromatic rings. The van der Waals surface area contributed by atoms with Crippen LogP contribution in [0.3, 0.4) is 0 Å². The molecule has 0 amide bonds. The minimum atomic E-state index is 0.768. The number of nitrogens with zero attached hydrogens (tertiary/aromatic N) is 3. The first-order valence-electron chi connectivity index (χ1n) is 11.2. The Hall–Kier alpha value is -3.38. The van der Waals surface area contributed by atoms with E-state index >= 15 is 0 Å². The number of aromatic amines is 1. The van der Waals surface area contributed by atoms with Crippen molar-refractivity contribution in [2.75, 3.05) is 23.3 Å². The second-order valence-electron chi connectivity index (χ2n) is 8.38. The fraction of sp³-hybridized carbons (Fsp3) is 0.231. The normalized spacial score (nSPS) is 14.3. The zero-order chi connectivity index (χ0) is 21.3. The van der Waals surface area contributed by atoms with Crippen LogP contribution in [0, 0.1) is 0 Å². The van der Waals surface area contributed by atoms with E-state index in [0.29, 0.717) is 0 Å². The Bertz CT molecular complexity index is 1350. The summed E-state index contributed by atoms with van der Waals surface area (Å²) in [5.74, 6) is 1.09. The molecule has 0 atom stereocenters. The molecule has 4 heterocycles. The third-order valence-electron chi connectivity index (χ3n) is 6.24. The highest BCUT2D eigenvalue weighted by Crippen LogP contribution is 2.38. The first kappa shape index (κ1) is 19.3. The van der Waals surface area contributed by atoms with Crippen LogP contribution in [0.4, 0.5) is 11.5 Å². The zero-order valence-corrected chi connectivity index (χ0v) is 18.7. The second-order valence-corrected chi connectivity index (χ2v) is 9.43. The molecule has 32 heavy (non-hydrogen) atoms. The Labute approximate surface area is 191 Å². The molecular weight excluding hydrogens is 414 g/mol. The number of nitrogens with one attached hydrogen (secondary N) is 2. The minimum Gasteiger partial charge on any atom is -0.380 e. The molecule has 0 aliphatic carbocycles. The van der Waals surface area contributed by atoms with Crippen molar-refractivity contribution in [2.24, 2.45) is 0 Å². The predicted molar refractivity (Wildman–Crippen MR) is 135 cm³/mol. The van der Waals surface area contributed by atoms with Crippen LogP contribution in [0.5, 0.6) is 0 Å². The van der Waals surface area contributed by atoms with Gasteiger partial charge in [-0.2, -0.15) is 5.10 Å². The van der Waals surface area contributed by atoms with E-state index in [2.05, 4.69) is 86.1 Å². The van der Waals surface area contributed by atoms with Gasteiger partial charge in [-0.1, -0.05) is 42.5 Å². The number of hydrogen-bond acceptors (Lipinski definition) is 5. The number of hydrogen-bond donors (Lipinski definition) is 2. The average Bonchev–Trinajstić information content (AvgIpc) is 3.44. The molecule has 6 heteroatoms. The molecule has 2 N–H and O–H groups in total. The molecule has 6 rings (SSSR count). The van der Waals surface area contributed by atoms with Crippen molar-refractivity contribution in [3.05, 3.63) is 72.4 Å². The van der Waals surface area contributed by atoms with Crippen molar-refractivity contribution >= 4 is 43.1 Å². The van der Waals surface area contributed by atoms with Crippen LogP contribution in [-0.2, 0) is 6.54 Å². The highest BCUT2D eigenvalue weighted by atomic mass is 32.1. The highest BCUT2D eigenvalue weighted by molar-refractivity contribution is 7.26. The summed E-state index contributed by atoms with van der Waals surface area (Å²) < 4.78 is 2.51. The summed E-state index contributed by atoms with van der Waals surface area (Å²) in [6.07, 6.45) is 5.82. The first-order chi connectivity index (χ1) is 15.8. The lowest BCUT2D eigenvalue weighted by Gasteiger charge is -2.27. The number of benzene rings is 2. The fourth-order valence-corrected chi connectivity index (χ4v) is 5.63. The monoisotopic (exact) mass is 439 g/mol. The summed E-state index contributed by atoms with van der Waals surface area (Å²) in [5, 5.41) is 12.6. The van der Waals surface area contributed by atoms with Crippen molar-refractivity contribution in [2.45, 2.75) is 25.8 Å². The highest BCUT2D eigenvalue weighted by Gasteiger charge is 2.14. The zero-order valence-electron chi connectivity index (χ0n) is 17.8. The number of H-pyrrole nitrogens is 1. The summed E-state index contributed by atoms with van der Waals surface area (Å²) in [6.45, 7) is 3.01. The molecule has 0 radical (unpaired) electrons. The number of thiophene rings is 1. The van der Waals surface area contributed by atoms with Gasteiger partial charge in [-0.05, 0) is 43.0 Å². The maximum atomic E-state index is 4.66. The standard InChI is InChI=1S/C26H25N5S/c1-4-14-31(15-5-1)23-13-12-20(17-28-23)27-16-18-8-10-19(11-9-18)24-26-25(30-29-24)21-6-2-3-7-22(21)32-26/h2-3,6-13,17,27H,1,4-5,14-16H2,(H,29,30). The molecule has 1 aliphatic heterocycles. The van der Waals surface area contributed by atoms with Crippen LogP contribution < -0.4 is 10.2 Å². The first-order valence-corrected chi connectivity index (χ1v) is 12.1. The largest absolute Gasteiger partial charge is 0.380 e. The van der Waals surface area contributed by atoms with Crippen molar-refractivity contribution in [1.82, 2.24) is 15.2 Å². The predicted octanol–water partition coefficient (Wildman–Crippen LogP) is 6.44.